The maximum atomic E-state index is 13.2. The summed E-state index contributed by atoms with van der Waals surface area (Å²) in [7, 11) is 1.21. The summed E-state index contributed by atoms with van der Waals surface area (Å²) < 4.78 is 30.6. The van der Waals surface area contributed by atoms with Gasteiger partial charge in [0.05, 0.1) is 7.11 Å². The lowest BCUT2D eigenvalue weighted by molar-refractivity contribution is -0.134. The summed E-state index contributed by atoms with van der Waals surface area (Å²) in [6, 6.07) is 2.84. The summed E-state index contributed by atoms with van der Waals surface area (Å²) in [6.45, 7) is 1.46. The van der Waals surface area contributed by atoms with Gasteiger partial charge in [0.2, 0.25) is 0 Å². The Labute approximate surface area is 86.2 Å². The van der Waals surface area contributed by atoms with Gasteiger partial charge in [0, 0.05) is 11.6 Å². The van der Waals surface area contributed by atoms with E-state index < -0.39 is 17.6 Å². The minimum Gasteiger partial charge on any atom is -0.466 e. The third kappa shape index (κ3) is 2.62. The Morgan fingerprint density at radius 2 is 2.00 bits per heavy atom. The Balaban J connectivity index is 3.02. The summed E-state index contributed by atoms with van der Waals surface area (Å²) in [5.41, 5.74) is 0.242. The highest BCUT2D eigenvalue weighted by Crippen LogP contribution is 2.16. The van der Waals surface area contributed by atoms with Gasteiger partial charge in [0.1, 0.15) is 0 Å². The second kappa shape index (κ2) is 4.68. The van der Waals surface area contributed by atoms with Crippen molar-refractivity contribution in [3.63, 3.8) is 0 Å². The highest BCUT2D eigenvalue weighted by molar-refractivity contribution is 5.86. The van der Waals surface area contributed by atoms with Crippen LogP contribution < -0.4 is 0 Å². The molecule has 1 aromatic rings. The summed E-state index contributed by atoms with van der Waals surface area (Å²) in [4.78, 5) is 10.7. The fourth-order valence-corrected chi connectivity index (χ4v) is 1.02. The van der Waals surface area contributed by atoms with Crippen molar-refractivity contribution in [3.05, 3.63) is 41.0 Å². The topological polar surface area (TPSA) is 26.3 Å². The van der Waals surface area contributed by atoms with Crippen LogP contribution in [0, 0.1) is 18.6 Å². The predicted octanol–water partition coefficient (Wildman–Crippen LogP) is 2.46. The molecule has 15 heavy (non-hydrogen) atoms. The van der Waals surface area contributed by atoms with Crippen LogP contribution in [-0.2, 0) is 9.53 Å². The zero-order valence-corrected chi connectivity index (χ0v) is 8.38. The Morgan fingerprint density at radius 1 is 1.33 bits per heavy atom. The molecule has 0 atom stereocenters. The van der Waals surface area contributed by atoms with Crippen molar-refractivity contribution in [2.45, 2.75) is 6.92 Å². The molecule has 0 saturated carbocycles. The van der Waals surface area contributed by atoms with Gasteiger partial charge < -0.3 is 4.74 Å². The van der Waals surface area contributed by atoms with Crippen LogP contribution in [-0.4, -0.2) is 13.1 Å². The predicted molar refractivity (Wildman–Crippen MR) is 52.1 cm³/mol. The van der Waals surface area contributed by atoms with Crippen LogP contribution in [0.5, 0.6) is 0 Å². The molecule has 0 aromatic heterocycles. The smallest absolute Gasteiger partial charge is 0.330 e. The molecule has 80 valence electrons. The van der Waals surface area contributed by atoms with E-state index in [2.05, 4.69) is 4.74 Å². The van der Waals surface area contributed by atoms with E-state index in [1.165, 1.54) is 32.2 Å². The molecule has 0 aliphatic rings. The first-order chi connectivity index (χ1) is 7.06. The number of aryl methyl sites for hydroxylation is 1. The molecule has 0 fully saturated rings. The monoisotopic (exact) mass is 212 g/mol. The minimum absolute atomic E-state index is 0.0171. The van der Waals surface area contributed by atoms with Crippen molar-refractivity contribution in [3.8, 4) is 0 Å². The SMILES string of the molecule is COC(=O)C=Cc1ccc(C)c(F)c1F. The van der Waals surface area contributed by atoms with Gasteiger partial charge in [-0.3, -0.25) is 0 Å². The second-order valence-electron chi connectivity index (χ2n) is 2.96. The Kier molecular flexibility index (Phi) is 3.55. The van der Waals surface area contributed by atoms with Crippen molar-refractivity contribution in [1.29, 1.82) is 0 Å². The highest BCUT2D eigenvalue weighted by Gasteiger charge is 2.08. The molecule has 0 aliphatic carbocycles. The normalized spacial score (nSPS) is 10.7. The molecule has 0 heterocycles. The van der Waals surface area contributed by atoms with Gasteiger partial charge in [-0.25, -0.2) is 13.6 Å². The lowest BCUT2D eigenvalue weighted by Crippen LogP contribution is -1.95. The maximum Gasteiger partial charge on any atom is 0.330 e. The van der Waals surface area contributed by atoms with Crippen molar-refractivity contribution >= 4 is 12.0 Å². The molecular weight excluding hydrogens is 202 g/mol. The minimum atomic E-state index is -0.963. The third-order valence-corrected chi connectivity index (χ3v) is 1.91. The number of esters is 1. The number of methoxy groups -OCH3 is 1. The van der Waals surface area contributed by atoms with Gasteiger partial charge >= 0.3 is 5.97 Å². The molecule has 2 nitrogen and oxygen atoms in total. The van der Waals surface area contributed by atoms with Gasteiger partial charge in [-0.05, 0) is 18.6 Å². The Hall–Kier alpha value is -1.71. The third-order valence-electron chi connectivity index (χ3n) is 1.91. The molecule has 0 spiro atoms. The molecule has 0 saturated heterocycles. The summed E-state index contributed by atoms with van der Waals surface area (Å²) in [5, 5.41) is 0. The number of benzene rings is 1. The standard InChI is InChI=1S/C11H10F2O2/c1-7-3-4-8(11(13)10(7)12)5-6-9(14)15-2/h3-6H,1-2H3. The fourth-order valence-electron chi connectivity index (χ4n) is 1.02. The second-order valence-corrected chi connectivity index (χ2v) is 2.96. The van der Waals surface area contributed by atoms with Crippen molar-refractivity contribution in [2.24, 2.45) is 0 Å². The van der Waals surface area contributed by atoms with E-state index in [9.17, 15) is 13.6 Å². The number of carbonyl (C=O) groups is 1. The van der Waals surface area contributed by atoms with Gasteiger partial charge in [-0.15, -0.1) is 0 Å². The van der Waals surface area contributed by atoms with Gasteiger partial charge in [-0.2, -0.15) is 0 Å². The Morgan fingerprint density at radius 3 is 2.60 bits per heavy atom. The maximum absolute atomic E-state index is 13.2. The van der Waals surface area contributed by atoms with Crippen LogP contribution in [0.15, 0.2) is 18.2 Å². The number of ether oxygens (including phenoxy) is 1. The first-order valence-corrected chi connectivity index (χ1v) is 4.27. The lowest BCUT2D eigenvalue weighted by Gasteiger charge is -2.01. The van der Waals surface area contributed by atoms with E-state index in [0.717, 1.165) is 6.08 Å². The van der Waals surface area contributed by atoms with E-state index in [1.54, 1.807) is 0 Å². The Bertz CT molecular complexity index is 411. The molecule has 1 rings (SSSR count). The number of hydrogen-bond acceptors (Lipinski definition) is 2. The zero-order valence-electron chi connectivity index (χ0n) is 8.38. The number of halogens is 2. The average Bonchev–Trinajstić information content (AvgIpc) is 2.24. The zero-order chi connectivity index (χ0) is 11.4. The molecule has 0 N–H and O–H groups in total. The summed E-state index contributed by atoms with van der Waals surface area (Å²) in [5.74, 6) is -2.48. The van der Waals surface area contributed by atoms with E-state index >= 15 is 0 Å². The molecule has 1 aromatic carbocycles. The molecule has 4 heteroatoms. The van der Waals surface area contributed by atoms with E-state index in [0.29, 0.717) is 0 Å². The summed E-state index contributed by atoms with van der Waals surface area (Å²) in [6.07, 6.45) is 2.21. The number of carbonyl (C=O) groups excluding carboxylic acids is 1. The molecule has 0 unspecified atom stereocenters. The molecule has 0 amide bonds. The van der Waals surface area contributed by atoms with E-state index in [1.807, 2.05) is 0 Å². The van der Waals surface area contributed by atoms with E-state index in [4.69, 9.17) is 0 Å². The highest BCUT2D eigenvalue weighted by atomic mass is 19.2. The van der Waals surface area contributed by atoms with Crippen LogP contribution in [0.25, 0.3) is 6.08 Å². The van der Waals surface area contributed by atoms with Crippen LogP contribution in [0.2, 0.25) is 0 Å². The lowest BCUT2D eigenvalue weighted by atomic mass is 10.1. The molecule has 0 aliphatic heterocycles. The van der Waals surface area contributed by atoms with Crippen LogP contribution in [0.3, 0.4) is 0 Å². The van der Waals surface area contributed by atoms with E-state index in [-0.39, 0.29) is 11.1 Å². The van der Waals surface area contributed by atoms with Gasteiger partial charge in [0.15, 0.2) is 11.6 Å². The number of hydrogen-bond donors (Lipinski definition) is 0. The summed E-state index contributed by atoms with van der Waals surface area (Å²) >= 11 is 0. The van der Waals surface area contributed by atoms with Crippen molar-refractivity contribution < 1.29 is 18.3 Å². The largest absolute Gasteiger partial charge is 0.466 e. The average molecular weight is 212 g/mol. The fraction of sp³-hybridized carbons (Fsp3) is 0.182. The molecule has 0 bridgehead atoms. The van der Waals surface area contributed by atoms with Gasteiger partial charge in [-0.1, -0.05) is 12.1 Å². The van der Waals surface area contributed by atoms with Crippen LogP contribution in [0.1, 0.15) is 11.1 Å². The quantitative estimate of drug-likeness (QED) is 0.556. The van der Waals surface area contributed by atoms with Gasteiger partial charge in [0.25, 0.3) is 0 Å². The first-order valence-electron chi connectivity index (χ1n) is 4.27. The number of rotatable bonds is 2. The first kappa shape index (κ1) is 11.4. The van der Waals surface area contributed by atoms with Crippen LogP contribution >= 0.6 is 0 Å². The molecule has 0 radical (unpaired) electrons. The van der Waals surface area contributed by atoms with Crippen LogP contribution in [0.4, 0.5) is 8.78 Å². The molecular formula is C11H10F2O2. The van der Waals surface area contributed by atoms with Crippen molar-refractivity contribution in [2.75, 3.05) is 7.11 Å². The van der Waals surface area contributed by atoms with Crippen molar-refractivity contribution in [1.82, 2.24) is 0 Å².